The fourth-order valence-electron chi connectivity index (χ4n) is 2.71. The predicted octanol–water partition coefficient (Wildman–Crippen LogP) is 3.40. The molecule has 0 amide bonds. The number of hydrogen-bond donors (Lipinski definition) is 1. The quantitative estimate of drug-likeness (QED) is 0.768. The predicted molar refractivity (Wildman–Crippen MR) is 94.0 cm³/mol. The van der Waals surface area contributed by atoms with Gasteiger partial charge in [0.1, 0.15) is 11.6 Å². The molecular weight excluding hydrogens is 328 g/mol. The molecule has 7 heteroatoms. The second kappa shape index (κ2) is 6.65. The number of imidazole rings is 1. The van der Waals surface area contributed by atoms with Crippen LogP contribution in [0.15, 0.2) is 23.0 Å². The monoisotopic (exact) mass is 346 g/mol. The Kier molecular flexibility index (Phi) is 4.57. The SMILES string of the molecule is CCCc1nc(C)c2c(=O)[nH]c(-c3cc(Cl)ccc3OCC)nn12. The van der Waals surface area contributed by atoms with Crippen LogP contribution in [-0.4, -0.2) is 26.2 Å². The van der Waals surface area contributed by atoms with E-state index in [2.05, 4.69) is 22.0 Å². The van der Waals surface area contributed by atoms with E-state index in [4.69, 9.17) is 16.3 Å². The Morgan fingerprint density at radius 1 is 1.33 bits per heavy atom. The van der Waals surface area contributed by atoms with Crippen molar-refractivity contribution in [1.29, 1.82) is 0 Å². The molecule has 0 fully saturated rings. The first kappa shape index (κ1) is 16.5. The van der Waals surface area contributed by atoms with E-state index >= 15 is 0 Å². The molecule has 126 valence electrons. The number of rotatable bonds is 5. The third kappa shape index (κ3) is 2.89. The summed E-state index contributed by atoms with van der Waals surface area (Å²) >= 11 is 6.12. The van der Waals surface area contributed by atoms with Crippen LogP contribution in [0.1, 0.15) is 31.8 Å². The minimum Gasteiger partial charge on any atom is -0.493 e. The number of fused-ring (bicyclic) bond motifs is 1. The first-order valence-electron chi connectivity index (χ1n) is 7.96. The molecule has 0 aliphatic heterocycles. The number of aromatic nitrogens is 4. The van der Waals surface area contributed by atoms with Crippen LogP contribution in [0.4, 0.5) is 0 Å². The van der Waals surface area contributed by atoms with Crippen molar-refractivity contribution < 1.29 is 4.74 Å². The summed E-state index contributed by atoms with van der Waals surface area (Å²) in [5, 5.41) is 5.14. The average molecular weight is 347 g/mol. The van der Waals surface area contributed by atoms with Crippen molar-refractivity contribution in [3.05, 3.63) is 45.1 Å². The van der Waals surface area contributed by atoms with Gasteiger partial charge in [0.15, 0.2) is 11.3 Å². The van der Waals surface area contributed by atoms with Gasteiger partial charge in [-0.05, 0) is 38.5 Å². The molecule has 0 bridgehead atoms. The molecule has 2 aromatic heterocycles. The number of benzene rings is 1. The van der Waals surface area contributed by atoms with Gasteiger partial charge in [0.05, 0.1) is 17.9 Å². The molecule has 6 nitrogen and oxygen atoms in total. The lowest BCUT2D eigenvalue weighted by Crippen LogP contribution is -2.15. The molecule has 3 aromatic rings. The Bertz CT molecular complexity index is 946. The summed E-state index contributed by atoms with van der Waals surface area (Å²) in [5.41, 5.74) is 1.57. The molecule has 0 saturated heterocycles. The van der Waals surface area contributed by atoms with E-state index in [-0.39, 0.29) is 5.56 Å². The molecule has 0 aliphatic carbocycles. The van der Waals surface area contributed by atoms with E-state index in [0.717, 1.165) is 18.7 Å². The summed E-state index contributed by atoms with van der Waals surface area (Å²) in [6, 6.07) is 5.26. The van der Waals surface area contributed by atoms with E-state index in [0.29, 0.717) is 40.0 Å². The highest BCUT2D eigenvalue weighted by Gasteiger charge is 2.16. The fraction of sp³-hybridized carbons (Fsp3) is 0.353. The maximum absolute atomic E-state index is 12.5. The van der Waals surface area contributed by atoms with Gasteiger partial charge in [-0.25, -0.2) is 9.50 Å². The van der Waals surface area contributed by atoms with Gasteiger partial charge in [0, 0.05) is 11.4 Å². The second-order valence-electron chi connectivity index (χ2n) is 5.50. The van der Waals surface area contributed by atoms with Crippen LogP contribution in [0.2, 0.25) is 5.02 Å². The lowest BCUT2D eigenvalue weighted by atomic mass is 10.2. The molecule has 1 N–H and O–H groups in total. The van der Waals surface area contributed by atoms with Crippen LogP contribution in [0.3, 0.4) is 0 Å². The van der Waals surface area contributed by atoms with Crippen molar-refractivity contribution >= 4 is 17.1 Å². The summed E-state index contributed by atoms with van der Waals surface area (Å²) in [4.78, 5) is 19.8. The smallest absolute Gasteiger partial charge is 0.277 e. The number of halogens is 1. The van der Waals surface area contributed by atoms with Gasteiger partial charge >= 0.3 is 0 Å². The van der Waals surface area contributed by atoms with Gasteiger partial charge in [-0.2, -0.15) is 0 Å². The number of nitrogens with zero attached hydrogens (tertiary/aromatic N) is 3. The molecule has 0 unspecified atom stereocenters. The average Bonchev–Trinajstić information content (AvgIpc) is 2.86. The van der Waals surface area contributed by atoms with Crippen molar-refractivity contribution in [2.45, 2.75) is 33.6 Å². The Morgan fingerprint density at radius 3 is 2.83 bits per heavy atom. The third-order valence-electron chi connectivity index (χ3n) is 3.71. The highest BCUT2D eigenvalue weighted by Crippen LogP contribution is 2.30. The number of H-pyrrole nitrogens is 1. The third-order valence-corrected chi connectivity index (χ3v) is 3.95. The van der Waals surface area contributed by atoms with Crippen molar-refractivity contribution in [3.8, 4) is 17.1 Å². The highest BCUT2D eigenvalue weighted by atomic mass is 35.5. The van der Waals surface area contributed by atoms with E-state index in [1.807, 2.05) is 13.8 Å². The van der Waals surface area contributed by atoms with Gasteiger partial charge in [0.25, 0.3) is 5.56 Å². The molecule has 0 atom stereocenters. The van der Waals surface area contributed by atoms with Crippen LogP contribution in [0.5, 0.6) is 5.75 Å². The molecule has 3 rings (SSSR count). The Hall–Kier alpha value is -2.34. The van der Waals surface area contributed by atoms with Crippen LogP contribution in [0.25, 0.3) is 16.9 Å². The van der Waals surface area contributed by atoms with E-state index in [9.17, 15) is 4.79 Å². The summed E-state index contributed by atoms with van der Waals surface area (Å²) < 4.78 is 7.26. The Morgan fingerprint density at radius 2 is 2.12 bits per heavy atom. The molecule has 24 heavy (non-hydrogen) atoms. The summed E-state index contributed by atoms with van der Waals surface area (Å²) in [7, 11) is 0. The molecule has 0 radical (unpaired) electrons. The van der Waals surface area contributed by atoms with Crippen molar-refractivity contribution in [2.24, 2.45) is 0 Å². The van der Waals surface area contributed by atoms with E-state index in [1.54, 1.807) is 22.7 Å². The van der Waals surface area contributed by atoms with Crippen LogP contribution < -0.4 is 10.3 Å². The molecule has 0 aliphatic rings. The van der Waals surface area contributed by atoms with Crippen LogP contribution in [0, 0.1) is 6.92 Å². The fourth-order valence-corrected chi connectivity index (χ4v) is 2.88. The van der Waals surface area contributed by atoms with E-state index < -0.39 is 0 Å². The molecule has 0 saturated carbocycles. The van der Waals surface area contributed by atoms with Crippen molar-refractivity contribution in [2.75, 3.05) is 6.61 Å². The first-order valence-corrected chi connectivity index (χ1v) is 8.34. The topological polar surface area (TPSA) is 72.3 Å². The number of aromatic amines is 1. The Labute approximate surface area is 144 Å². The number of aryl methyl sites for hydroxylation is 2. The van der Waals surface area contributed by atoms with E-state index in [1.165, 1.54) is 0 Å². The van der Waals surface area contributed by atoms with Gasteiger partial charge < -0.3 is 9.72 Å². The van der Waals surface area contributed by atoms with Crippen molar-refractivity contribution in [1.82, 2.24) is 19.6 Å². The molecular formula is C17H19ClN4O2. The summed E-state index contributed by atoms with van der Waals surface area (Å²) in [6.45, 7) is 6.29. The summed E-state index contributed by atoms with van der Waals surface area (Å²) in [5.74, 6) is 1.81. The highest BCUT2D eigenvalue weighted by molar-refractivity contribution is 6.30. The first-order chi connectivity index (χ1) is 11.5. The van der Waals surface area contributed by atoms with Gasteiger partial charge in [-0.3, -0.25) is 4.79 Å². The molecule has 1 aromatic carbocycles. The zero-order valence-corrected chi connectivity index (χ0v) is 14.6. The lowest BCUT2D eigenvalue weighted by Gasteiger charge is -2.10. The number of ether oxygens (including phenoxy) is 1. The largest absolute Gasteiger partial charge is 0.493 e. The molecule has 0 spiro atoms. The van der Waals surface area contributed by atoms with Crippen LogP contribution >= 0.6 is 11.6 Å². The number of hydrogen-bond acceptors (Lipinski definition) is 4. The van der Waals surface area contributed by atoms with Gasteiger partial charge in [-0.15, -0.1) is 5.10 Å². The zero-order valence-electron chi connectivity index (χ0n) is 13.9. The minimum atomic E-state index is -0.227. The van der Waals surface area contributed by atoms with Gasteiger partial charge in [-0.1, -0.05) is 18.5 Å². The maximum Gasteiger partial charge on any atom is 0.277 e. The van der Waals surface area contributed by atoms with Crippen LogP contribution in [-0.2, 0) is 6.42 Å². The Balaban J connectivity index is 2.26. The normalized spacial score (nSPS) is 11.2. The summed E-state index contributed by atoms with van der Waals surface area (Å²) in [6.07, 6.45) is 1.67. The molecule has 2 heterocycles. The van der Waals surface area contributed by atoms with Gasteiger partial charge in [0.2, 0.25) is 0 Å². The minimum absolute atomic E-state index is 0.227. The lowest BCUT2D eigenvalue weighted by molar-refractivity contribution is 0.341. The number of nitrogens with one attached hydrogen (secondary N) is 1. The second-order valence-corrected chi connectivity index (χ2v) is 5.94. The maximum atomic E-state index is 12.5. The van der Waals surface area contributed by atoms with Crippen molar-refractivity contribution in [3.63, 3.8) is 0 Å². The zero-order chi connectivity index (χ0) is 17.3. The standard InChI is InChI=1S/C17H19ClN4O2/c1-4-6-14-19-10(3)15-17(23)20-16(21-22(14)15)12-9-11(18)7-8-13(12)24-5-2/h7-9H,4-6H2,1-3H3,(H,20,21,23).